The molecule has 0 saturated heterocycles. The van der Waals surface area contributed by atoms with Crippen LogP contribution in [0.4, 0.5) is 0 Å². The van der Waals surface area contributed by atoms with Crippen LogP contribution < -0.4 is 10.9 Å². The van der Waals surface area contributed by atoms with Gasteiger partial charge in [0.2, 0.25) is 0 Å². The first kappa shape index (κ1) is 14.2. The van der Waals surface area contributed by atoms with Gasteiger partial charge in [0.05, 0.1) is 5.56 Å². The summed E-state index contributed by atoms with van der Waals surface area (Å²) in [6, 6.07) is 2.13. The molecule has 0 fully saturated rings. The third-order valence-corrected chi connectivity index (χ3v) is 2.65. The maximum atomic E-state index is 11.9. The fourth-order valence-electron chi connectivity index (χ4n) is 1.62. The summed E-state index contributed by atoms with van der Waals surface area (Å²) >= 11 is 0. The number of hydrogen-bond donors (Lipinski definition) is 4. The van der Waals surface area contributed by atoms with E-state index >= 15 is 0 Å². The van der Waals surface area contributed by atoms with Crippen molar-refractivity contribution in [2.24, 2.45) is 5.92 Å². The van der Waals surface area contributed by atoms with Gasteiger partial charge in [0, 0.05) is 24.8 Å². The van der Waals surface area contributed by atoms with Crippen LogP contribution in [0.5, 0.6) is 5.88 Å². The molecule has 1 amide bonds. The average Bonchev–Trinajstić information content (AvgIpc) is 2.26. The highest BCUT2D eigenvalue weighted by molar-refractivity contribution is 5.94. The molecule has 6 heteroatoms. The molecule has 6 nitrogen and oxygen atoms in total. The average molecular weight is 254 g/mol. The van der Waals surface area contributed by atoms with Crippen molar-refractivity contribution in [2.45, 2.75) is 26.3 Å². The molecule has 0 bridgehead atoms. The predicted molar refractivity (Wildman–Crippen MR) is 66.5 cm³/mol. The lowest BCUT2D eigenvalue weighted by atomic mass is 10.0. The number of aromatic amines is 1. The lowest BCUT2D eigenvalue weighted by Gasteiger charge is -2.21. The van der Waals surface area contributed by atoms with Crippen LogP contribution in [0.25, 0.3) is 0 Å². The van der Waals surface area contributed by atoms with Crippen molar-refractivity contribution in [3.8, 4) is 5.88 Å². The number of aliphatic hydroxyl groups is 1. The van der Waals surface area contributed by atoms with Crippen molar-refractivity contribution in [3.63, 3.8) is 0 Å². The number of pyridine rings is 1. The molecular formula is C12H18N2O4. The summed E-state index contributed by atoms with van der Waals surface area (Å²) in [7, 11) is 0. The van der Waals surface area contributed by atoms with Gasteiger partial charge in [0.25, 0.3) is 11.5 Å². The van der Waals surface area contributed by atoms with Gasteiger partial charge in [-0.05, 0) is 12.3 Å². The number of amides is 1. The van der Waals surface area contributed by atoms with Crippen LogP contribution >= 0.6 is 0 Å². The largest absolute Gasteiger partial charge is 0.494 e. The molecule has 100 valence electrons. The maximum Gasteiger partial charge on any atom is 0.251 e. The molecule has 1 atom stereocenters. The van der Waals surface area contributed by atoms with Gasteiger partial charge in [-0.1, -0.05) is 13.8 Å². The number of nitrogens with one attached hydrogen (secondary N) is 2. The zero-order chi connectivity index (χ0) is 13.7. The first-order chi connectivity index (χ1) is 8.43. The van der Waals surface area contributed by atoms with E-state index in [2.05, 4.69) is 10.3 Å². The molecule has 0 saturated carbocycles. The van der Waals surface area contributed by atoms with Gasteiger partial charge in [-0.15, -0.1) is 0 Å². The smallest absolute Gasteiger partial charge is 0.251 e. The summed E-state index contributed by atoms with van der Waals surface area (Å²) in [4.78, 5) is 25.2. The van der Waals surface area contributed by atoms with E-state index in [1.165, 1.54) is 6.07 Å². The molecule has 1 aromatic rings. The molecule has 1 rings (SSSR count). The molecule has 4 N–H and O–H groups in total. The van der Waals surface area contributed by atoms with Crippen LogP contribution in [0.15, 0.2) is 16.9 Å². The second-order valence-electron chi connectivity index (χ2n) is 4.45. The molecule has 0 aliphatic heterocycles. The Morgan fingerprint density at radius 1 is 1.44 bits per heavy atom. The van der Waals surface area contributed by atoms with Crippen molar-refractivity contribution in [1.29, 1.82) is 0 Å². The third kappa shape index (κ3) is 3.89. The van der Waals surface area contributed by atoms with Crippen LogP contribution in [0.1, 0.15) is 30.6 Å². The van der Waals surface area contributed by atoms with E-state index in [1.807, 2.05) is 13.8 Å². The number of rotatable bonds is 5. The Balaban J connectivity index is 2.83. The summed E-state index contributed by atoms with van der Waals surface area (Å²) in [6.45, 7) is 3.83. The van der Waals surface area contributed by atoms with Crippen LogP contribution in [-0.4, -0.2) is 33.8 Å². The molecule has 1 heterocycles. The van der Waals surface area contributed by atoms with E-state index in [0.29, 0.717) is 6.42 Å². The highest BCUT2D eigenvalue weighted by Gasteiger charge is 2.17. The Bertz CT molecular complexity index is 467. The maximum absolute atomic E-state index is 11.9. The predicted octanol–water partition coefficient (Wildman–Crippen LogP) is 0.217. The van der Waals surface area contributed by atoms with Gasteiger partial charge in [0.1, 0.15) is 0 Å². The van der Waals surface area contributed by atoms with Gasteiger partial charge >= 0.3 is 0 Å². The van der Waals surface area contributed by atoms with Crippen molar-refractivity contribution >= 4 is 5.91 Å². The fourth-order valence-corrected chi connectivity index (χ4v) is 1.62. The van der Waals surface area contributed by atoms with Gasteiger partial charge in [-0.3, -0.25) is 14.6 Å². The Hall–Kier alpha value is -1.82. The number of carbonyl (C=O) groups excluding carboxylic acids is 1. The normalized spacial score (nSPS) is 12.4. The first-order valence-corrected chi connectivity index (χ1v) is 5.79. The number of aromatic hydroxyl groups is 1. The Kier molecular flexibility index (Phi) is 4.91. The van der Waals surface area contributed by atoms with Crippen molar-refractivity contribution < 1.29 is 15.0 Å². The second kappa shape index (κ2) is 6.20. The van der Waals surface area contributed by atoms with Crippen molar-refractivity contribution in [1.82, 2.24) is 10.3 Å². The highest BCUT2D eigenvalue weighted by atomic mass is 16.3. The minimum absolute atomic E-state index is 0.0241. The van der Waals surface area contributed by atoms with Crippen LogP contribution in [0.2, 0.25) is 0 Å². The summed E-state index contributed by atoms with van der Waals surface area (Å²) < 4.78 is 0. The molecule has 0 aliphatic carbocycles. The lowest BCUT2D eigenvalue weighted by Crippen LogP contribution is -2.39. The molecule has 0 radical (unpaired) electrons. The molecule has 18 heavy (non-hydrogen) atoms. The SMILES string of the molecule is CC(C)C(CCO)NC(=O)c1cc(O)[nH]c(=O)c1. The fraction of sp³-hybridized carbons (Fsp3) is 0.500. The molecular weight excluding hydrogens is 236 g/mol. The van der Waals surface area contributed by atoms with E-state index in [1.54, 1.807) is 0 Å². The number of hydrogen-bond acceptors (Lipinski definition) is 4. The number of aromatic nitrogens is 1. The van der Waals surface area contributed by atoms with Crippen molar-refractivity contribution in [3.05, 3.63) is 28.0 Å². The number of H-pyrrole nitrogens is 1. The standard InChI is InChI=1S/C12H18N2O4/c1-7(2)9(3-4-15)13-12(18)8-5-10(16)14-11(17)6-8/h5-7,9,15H,3-4H2,1-2H3,(H,13,18)(H2,14,16,17). The zero-order valence-electron chi connectivity index (χ0n) is 10.4. The highest BCUT2D eigenvalue weighted by Crippen LogP contribution is 2.09. The van der Waals surface area contributed by atoms with E-state index < -0.39 is 11.5 Å². The van der Waals surface area contributed by atoms with Gasteiger partial charge < -0.3 is 15.5 Å². The van der Waals surface area contributed by atoms with Crippen LogP contribution in [0.3, 0.4) is 0 Å². The summed E-state index contributed by atoms with van der Waals surface area (Å²) in [5.41, 5.74) is -0.441. The summed E-state index contributed by atoms with van der Waals surface area (Å²) in [6.07, 6.45) is 0.443. The van der Waals surface area contributed by atoms with E-state index in [4.69, 9.17) is 5.11 Å². The lowest BCUT2D eigenvalue weighted by molar-refractivity contribution is 0.0916. The Morgan fingerprint density at radius 2 is 2.11 bits per heavy atom. The molecule has 0 spiro atoms. The van der Waals surface area contributed by atoms with E-state index in [-0.39, 0.29) is 30.0 Å². The Morgan fingerprint density at radius 3 is 2.61 bits per heavy atom. The van der Waals surface area contributed by atoms with E-state index in [9.17, 15) is 14.7 Å². The minimum Gasteiger partial charge on any atom is -0.494 e. The molecule has 1 aromatic heterocycles. The van der Waals surface area contributed by atoms with Crippen molar-refractivity contribution in [2.75, 3.05) is 6.61 Å². The quantitative estimate of drug-likeness (QED) is 0.603. The summed E-state index contributed by atoms with van der Waals surface area (Å²) in [5, 5.41) is 20.9. The van der Waals surface area contributed by atoms with Gasteiger partial charge in [0.15, 0.2) is 5.88 Å². The topological polar surface area (TPSA) is 102 Å². The van der Waals surface area contributed by atoms with Gasteiger partial charge in [-0.2, -0.15) is 0 Å². The second-order valence-corrected chi connectivity index (χ2v) is 4.45. The Labute approximate surface area is 105 Å². The summed E-state index contributed by atoms with van der Waals surface area (Å²) in [5.74, 6) is -0.629. The third-order valence-electron chi connectivity index (χ3n) is 2.65. The molecule has 1 unspecified atom stereocenters. The van der Waals surface area contributed by atoms with Crippen LogP contribution in [-0.2, 0) is 0 Å². The minimum atomic E-state index is -0.539. The van der Waals surface area contributed by atoms with Gasteiger partial charge in [-0.25, -0.2) is 0 Å². The molecule has 0 aliphatic rings. The zero-order valence-corrected chi connectivity index (χ0v) is 10.4. The van der Waals surface area contributed by atoms with Crippen LogP contribution in [0, 0.1) is 5.92 Å². The number of carbonyl (C=O) groups is 1. The monoisotopic (exact) mass is 254 g/mol. The van der Waals surface area contributed by atoms with E-state index in [0.717, 1.165) is 6.07 Å². The first-order valence-electron chi connectivity index (χ1n) is 5.79. The molecule has 0 aromatic carbocycles. The number of aliphatic hydroxyl groups excluding tert-OH is 1.